The highest BCUT2D eigenvalue weighted by Gasteiger charge is 2.29. The summed E-state index contributed by atoms with van der Waals surface area (Å²) in [6, 6.07) is 9.97. The zero-order valence-electron chi connectivity index (χ0n) is 11.9. The lowest BCUT2D eigenvalue weighted by Crippen LogP contribution is -2.50. The van der Waals surface area contributed by atoms with Crippen molar-refractivity contribution in [2.24, 2.45) is 5.92 Å². The number of amides is 1. The van der Waals surface area contributed by atoms with E-state index in [0.29, 0.717) is 0 Å². The molecule has 0 unspecified atom stereocenters. The summed E-state index contributed by atoms with van der Waals surface area (Å²) < 4.78 is 0. The Labute approximate surface area is 114 Å². The van der Waals surface area contributed by atoms with Gasteiger partial charge in [0.2, 0.25) is 5.91 Å². The number of rotatable bonds is 5. The Morgan fingerprint density at radius 1 is 1.47 bits per heavy atom. The molecule has 1 aromatic carbocycles. The average molecular weight is 259 g/mol. The normalized spacial score (nSPS) is 13.5. The van der Waals surface area contributed by atoms with Crippen LogP contribution in [0.4, 0.5) is 5.69 Å². The number of aryl methyl sites for hydroxylation is 1. The number of carbonyl (C=O) groups excluding carboxylic acids is 1. The van der Waals surface area contributed by atoms with Gasteiger partial charge in [0.25, 0.3) is 0 Å². The largest absolute Gasteiger partial charge is 0.376 e. The Hall–Kier alpha value is -2.02. The van der Waals surface area contributed by atoms with Gasteiger partial charge in [-0.05, 0) is 37.5 Å². The zero-order chi connectivity index (χ0) is 14.5. The lowest BCUT2D eigenvalue weighted by atomic mass is 9.90. The standard InChI is InChI=1S/C15H21N3O/c1-11(2)15(4,10-16)18-14(19)9-17-13-7-5-6-12(3)8-13/h5-8,11,17H,9H2,1-4H3,(H,18,19)/t15-/m1/s1. The maximum atomic E-state index is 11.9. The predicted molar refractivity (Wildman–Crippen MR) is 76.7 cm³/mol. The lowest BCUT2D eigenvalue weighted by molar-refractivity contribution is -0.121. The van der Waals surface area contributed by atoms with Crippen LogP contribution in [0.3, 0.4) is 0 Å². The van der Waals surface area contributed by atoms with Gasteiger partial charge in [-0.3, -0.25) is 4.79 Å². The van der Waals surface area contributed by atoms with E-state index in [2.05, 4.69) is 16.7 Å². The number of nitriles is 1. The van der Waals surface area contributed by atoms with Crippen molar-refractivity contribution in [2.75, 3.05) is 11.9 Å². The molecule has 102 valence electrons. The van der Waals surface area contributed by atoms with Crippen molar-refractivity contribution < 1.29 is 4.79 Å². The number of anilines is 1. The van der Waals surface area contributed by atoms with E-state index in [4.69, 9.17) is 5.26 Å². The van der Waals surface area contributed by atoms with Crippen molar-refractivity contribution in [1.29, 1.82) is 5.26 Å². The van der Waals surface area contributed by atoms with Gasteiger partial charge < -0.3 is 10.6 Å². The van der Waals surface area contributed by atoms with Gasteiger partial charge in [0.1, 0.15) is 5.54 Å². The Bertz CT molecular complexity index is 490. The molecular formula is C15H21N3O. The number of benzene rings is 1. The number of hydrogen-bond donors (Lipinski definition) is 2. The summed E-state index contributed by atoms with van der Waals surface area (Å²) >= 11 is 0. The Kier molecular flexibility index (Phi) is 4.94. The number of nitrogens with one attached hydrogen (secondary N) is 2. The van der Waals surface area contributed by atoms with E-state index >= 15 is 0 Å². The molecule has 0 bridgehead atoms. The monoisotopic (exact) mass is 259 g/mol. The maximum absolute atomic E-state index is 11.9. The third kappa shape index (κ3) is 4.29. The van der Waals surface area contributed by atoms with Crippen molar-refractivity contribution in [3.63, 3.8) is 0 Å². The first-order valence-corrected chi connectivity index (χ1v) is 6.40. The summed E-state index contributed by atoms with van der Waals surface area (Å²) in [6.07, 6.45) is 0. The van der Waals surface area contributed by atoms with E-state index in [1.807, 2.05) is 45.0 Å². The van der Waals surface area contributed by atoms with Gasteiger partial charge in [-0.25, -0.2) is 0 Å². The fourth-order valence-corrected chi connectivity index (χ4v) is 1.57. The van der Waals surface area contributed by atoms with Crippen LogP contribution in [-0.2, 0) is 4.79 Å². The second-order valence-electron chi connectivity index (χ2n) is 5.24. The van der Waals surface area contributed by atoms with Crippen molar-refractivity contribution in [2.45, 2.75) is 33.2 Å². The van der Waals surface area contributed by atoms with Crippen LogP contribution in [0.5, 0.6) is 0 Å². The zero-order valence-corrected chi connectivity index (χ0v) is 11.9. The highest BCUT2D eigenvalue weighted by Crippen LogP contribution is 2.15. The highest BCUT2D eigenvalue weighted by atomic mass is 16.2. The highest BCUT2D eigenvalue weighted by molar-refractivity contribution is 5.81. The molecular weight excluding hydrogens is 238 g/mol. The molecule has 0 saturated heterocycles. The summed E-state index contributed by atoms with van der Waals surface area (Å²) in [5.41, 5.74) is 1.21. The fraction of sp³-hybridized carbons (Fsp3) is 0.467. The molecule has 1 aromatic rings. The molecule has 1 amide bonds. The smallest absolute Gasteiger partial charge is 0.240 e. The molecule has 0 aromatic heterocycles. The first kappa shape index (κ1) is 15.0. The van der Waals surface area contributed by atoms with Crippen molar-refractivity contribution in [1.82, 2.24) is 5.32 Å². The molecule has 0 aliphatic rings. The molecule has 0 spiro atoms. The van der Waals surface area contributed by atoms with Crippen LogP contribution < -0.4 is 10.6 Å². The third-order valence-electron chi connectivity index (χ3n) is 3.26. The average Bonchev–Trinajstić information content (AvgIpc) is 2.36. The Morgan fingerprint density at radius 3 is 2.68 bits per heavy atom. The van der Waals surface area contributed by atoms with E-state index in [9.17, 15) is 4.79 Å². The Morgan fingerprint density at radius 2 is 2.16 bits per heavy atom. The van der Waals surface area contributed by atoms with Gasteiger partial charge in [0.05, 0.1) is 12.6 Å². The summed E-state index contributed by atoms with van der Waals surface area (Å²) in [6.45, 7) is 7.72. The van der Waals surface area contributed by atoms with Gasteiger partial charge in [0.15, 0.2) is 0 Å². The van der Waals surface area contributed by atoms with E-state index < -0.39 is 5.54 Å². The molecule has 4 nitrogen and oxygen atoms in total. The molecule has 2 N–H and O–H groups in total. The molecule has 19 heavy (non-hydrogen) atoms. The molecule has 0 aliphatic carbocycles. The third-order valence-corrected chi connectivity index (χ3v) is 3.26. The summed E-state index contributed by atoms with van der Waals surface area (Å²) in [4.78, 5) is 11.9. The molecule has 1 atom stereocenters. The molecule has 1 rings (SSSR count). The van der Waals surface area contributed by atoms with Gasteiger partial charge in [-0.1, -0.05) is 26.0 Å². The van der Waals surface area contributed by atoms with Gasteiger partial charge in [-0.15, -0.1) is 0 Å². The minimum Gasteiger partial charge on any atom is -0.376 e. The molecule has 4 heteroatoms. The second kappa shape index (κ2) is 6.24. The van der Waals surface area contributed by atoms with E-state index in [1.54, 1.807) is 6.92 Å². The summed E-state index contributed by atoms with van der Waals surface area (Å²) in [5.74, 6) is -0.125. The van der Waals surface area contributed by atoms with E-state index in [0.717, 1.165) is 11.3 Å². The number of hydrogen-bond acceptors (Lipinski definition) is 3. The van der Waals surface area contributed by atoms with E-state index in [-0.39, 0.29) is 18.4 Å². The number of nitrogens with zero attached hydrogens (tertiary/aromatic N) is 1. The van der Waals surface area contributed by atoms with Crippen LogP contribution in [0.25, 0.3) is 0 Å². The number of carbonyl (C=O) groups is 1. The minimum absolute atomic E-state index is 0.0559. The first-order chi connectivity index (χ1) is 8.87. The topological polar surface area (TPSA) is 64.9 Å². The quantitative estimate of drug-likeness (QED) is 0.853. The van der Waals surface area contributed by atoms with Gasteiger partial charge in [-0.2, -0.15) is 5.26 Å². The minimum atomic E-state index is -0.828. The molecule has 0 radical (unpaired) electrons. The summed E-state index contributed by atoms with van der Waals surface area (Å²) in [7, 11) is 0. The lowest BCUT2D eigenvalue weighted by Gasteiger charge is -2.27. The SMILES string of the molecule is Cc1cccc(NCC(=O)N[C@](C)(C#N)C(C)C)c1. The van der Waals surface area contributed by atoms with Crippen LogP contribution >= 0.6 is 0 Å². The maximum Gasteiger partial charge on any atom is 0.240 e. The van der Waals surface area contributed by atoms with Crippen molar-refractivity contribution >= 4 is 11.6 Å². The predicted octanol–water partition coefficient (Wildman–Crippen LogP) is 2.46. The summed E-state index contributed by atoms with van der Waals surface area (Å²) in [5, 5.41) is 15.0. The van der Waals surface area contributed by atoms with E-state index in [1.165, 1.54) is 0 Å². The van der Waals surface area contributed by atoms with Crippen molar-refractivity contribution in [3.05, 3.63) is 29.8 Å². The van der Waals surface area contributed by atoms with Crippen molar-refractivity contribution in [3.8, 4) is 6.07 Å². The Balaban J connectivity index is 2.55. The van der Waals surface area contributed by atoms with Crippen LogP contribution in [0.2, 0.25) is 0 Å². The van der Waals surface area contributed by atoms with Gasteiger partial charge >= 0.3 is 0 Å². The van der Waals surface area contributed by atoms with Gasteiger partial charge in [0, 0.05) is 5.69 Å². The fourth-order valence-electron chi connectivity index (χ4n) is 1.57. The van der Waals surface area contributed by atoms with Crippen LogP contribution in [0, 0.1) is 24.2 Å². The van der Waals surface area contributed by atoms with Crippen LogP contribution in [0.15, 0.2) is 24.3 Å². The first-order valence-electron chi connectivity index (χ1n) is 6.40. The molecule has 0 aliphatic heterocycles. The van der Waals surface area contributed by atoms with Crippen LogP contribution in [0.1, 0.15) is 26.3 Å². The molecule has 0 fully saturated rings. The molecule has 0 saturated carbocycles. The molecule has 0 heterocycles. The van der Waals surface area contributed by atoms with Crippen LogP contribution in [-0.4, -0.2) is 18.0 Å². The second-order valence-corrected chi connectivity index (χ2v) is 5.24.